The highest BCUT2D eigenvalue weighted by molar-refractivity contribution is 5.82. The van der Waals surface area contributed by atoms with E-state index in [1.807, 2.05) is 4.90 Å². The van der Waals surface area contributed by atoms with Gasteiger partial charge in [0.15, 0.2) is 0 Å². The van der Waals surface area contributed by atoms with E-state index in [4.69, 9.17) is 5.73 Å². The Kier molecular flexibility index (Phi) is 4.58. The number of likely N-dealkylation sites (tertiary alicyclic amines) is 1. The molecule has 0 saturated carbocycles. The van der Waals surface area contributed by atoms with E-state index in [0.717, 1.165) is 38.3 Å². The van der Waals surface area contributed by atoms with Gasteiger partial charge in [0.2, 0.25) is 5.91 Å². The summed E-state index contributed by atoms with van der Waals surface area (Å²) in [6.07, 6.45) is 3.22. The van der Waals surface area contributed by atoms with Gasteiger partial charge in [-0.15, -0.1) is 0 Å². The summed E-state index contributed by atoms with van der Waals surface area (Å²) < 4.78 is 0. The maximum atomic E-state index is 12.0. The summed E-state index contributed by atoms with van der Waals surface area (Å²) in [5.41, 5.74) is 5.95. The van der Waals surface area contributed by atoms with Gasteiger partial charge in [-0.25, -0.2) is 0 Å². The van der Waals surface area contributed by atoms with Crippen LogP contribution in [0.4, 0.5) is 0 Å². The van der Waals surface area contributed by atoms with Crippen LogP contribution in [0, 0.1) is 11.8 Å². The molecule has 0 aromatic carbocycles. The van der Waals surface area contributed by atoms with E-state index in [1.165, 1.54) is 0 Å². The highest BCUT2D eigenvalue weighted by atomic mass is 16.2. The van der Waals surface area contributed by atoms with Gasteiger partial charge in [-0.1, -0.05) is 27.2 Å². The zero-order valence-electron chi connectivity index (χ0n) is 10.2. The van der Waals surface area contributed by atoms with Gasteiger partial charge in [-0.2, -0.15) is 0 Å². The van der Waals surface area contributed by atoms with Crippen molar-refractivity contribution in [3.8, 4) is 0 Å². The van der Waals surface area contributed by atoms with Gasteiger partial charge < -0.3 is 10.6 Å². The molecule has 1 aliphatic heterocycles. The highest BCUT2D eigenvalue weighted by Crippen LogP contribution is 2.18. The second-order valence-corrected chi connectivity index (χ2v) is 4.92. The van der Waals surface area contributed by atoms with Crippen LogP contribution in [-0.2, 0) is 4.79 Å². The molecule has 3 nitrogen and oxygen atoms in total. The largest absolute Gasteiger partial charge is 0.341 e. The van der Waals surface area contributed by atoms with Gasteiger partial charge in [0, 0.05) is 13.1 Å². The van der Waals surface area contributed by atoms with E-state index in [9.17, 15) is 4.79 Å². The van der Waals surface area contributed by atoms with Gasteiger partial charge in [-0.3, -0.25) is 4.79 Å². The molecule has 2 N–H and O–H groups in total. The number of hydrogen-bond donors (Lipinski definition) is 1. The van der Waals surface area contributed by atoms with Crippen molar-refractivity contribution >= 4 is 5.91 Å². The lowest BCUT2D eigenvalue weighted by Crippen LogP contribution is -2.49. The second kappa shape index (κ2) is 5.50. The van der Waals surface area contributed by atoms with E-state index in [1.54, 1.807) is 0 Å². The predicted molar refractivity (Wildman–Crippen MR) is 62.4 cm³/mol. The third kappa shape index (κ3) is 3.20. The number of amides is 1. The second-order valence-electron chi connectivity index (χ2n) is 4.92. The summed E-state index contributed by atoms with van der Waals surface area (Å²) in [6.45, 7) is 8.16. The zero-order valence-corrected chi connectivity index (χ0v) is 10.2. The van der Waals surface area contributed by atoms with E-state index in [0.29, 0.717) is 0 Å². The van der Waals surface area contributed by atoms with E-state index >= 15 is 0 Å². The molecule has 2 atom stereocenters. The molecule has 88 valence electrons. The Balaban J connectivity index is 2.46. The molecule has 0 spiro atoms. The Bertz CT molecular complexity index is 210. The molecule has 1 aliphatic rings. The summed E-state index contributed by atoms with van der Waals surface area (Å²) in [5.74, 6) is 1.20. The van der Waals surface area contributed by atoms with Gasteiger partial charge in [0.05, 0.1) is 6.04 Å². The van der Waals surface area contributed by atoms with Crippen LogP contribution >= 0.6 is 0 Å². The van der Waals surface area contributed by atoms with Crippen LogP contribution in [0.1, 0.15) is 40.0 Å². The molecule has 1 saturated heterocycles. The molecule has 1 fully saturated rings. The summed E-state index contributed by atoms with van der Waals surface area (Å²) in [7, 11) is 0. The number of nitrogens with zero attached hydrogens (tertiary/aromatic N) is 1. The molecule has 3 heteroatoms. The van der Waals surface area contributed by atoms with Crippen LogP contribution in [0.15, 0.2) is 0 Å². The lowest BCUT2D eigenvalue weighted by molar-refractivity contribution is -0.135. The Morgan fingerprint density at radius 2 is 2.00 bits per heavy atom. The van der Waals surface area contributed by atoms with Crippen molar-refractivity contribution in [2.24, 2.45) is 17.6 Å². The Labute approximate surface area is 93.0 Å². The molecule has 1 heterocycles. The Hall–Kier alpha value is -0.570. The number of rotatable bonds is 3. The first kappa shape index (κ1) is 12.5. The third-order valence-electron chi connectivity index (χ3n) is 3.64. The van der Waals surface area contributed by atoms with Crippen molar-refractivity contribution in [3.63, 3.8) is 0 Å². The minimum absolute atomic E-state index is 0.149. The minimum atomic E-state index is -0.302. The quantitative estimate of drug-likeness (QED) is 0.772. The molecule has 0 aromatic heterocycles. The Morgan fingerprint density at radius 3 is 2.47 bits per heavy atom. The van der Waals surface area contributed by atoms with Gasteiger partial charge in [0.25, 0.3) is 0 Å². The van der Waals surface area contributed by atoms with Crippen LogP contribution in [0.2, 0.25) is 0 Å². The summed E-state index contributed by atoms with van der Waals surface area (Å²) in [6, 6.07) is -0.302. The van der Waals surface area contributed by atoms with Crippen molar-refractivity contribution in [1.29, 1.82) is 0 Å². The maximum Gasteiger partial charge on any atom is 0.239 e. The molecule has 0 bridgehead atoms. The molecule has 0 aromatic rings. The zero-order chi connectivity index (χ0) is 11.4. The van der Waals surface area contributed by atoms with Crippen LogP contribution in [0.5, 0.6) is 0 Å². The standard InChI is InChI=1S/C12H24N2O/c1-4-10(3)11(13)12(15)14-7-5-9(2)6-8-14/h9-11H,4-8,13H2,1-3H3. The summed E-state index contributed by atoms with van der Waals surface area (Å²) >= 11 is 0. The summed E-state index contributed by atoms with van der Waals surface area (Å²) in [4.78, 5) is 13.9. The van der Waals surface area contributed by atoms with Crippen molar-refractivity contribution in [3.05, 3.63) is 0 Å². The molecular formula is C12H24N2O. The average Bonchev–Trinajstić information content (AvgIpc) is 2.27. The monoisotopic (exact) mass is 212 g/mol. The van der Waals surface area contributed by atoms with Gasteiger partial charge in [0.1, 0.15) is 0 Å². The first-order valence-corrected chi connectivity index (χ1v) is 6.10. The number of hydrogen-bond acceptors (Lipinski definition) is 2. The van der Waals surface area contributed by atoms with Crippen LogP contribution in [0.25, 0.3) is 0 Å². The number of piperidine rings is 1. The SMILES string of the molecule is CCC(C)C(N)C(=O)N1CCC(C)CC1. The first-order chi connectivity index (χ1) is 7.06. The lowest BCUT2D eigenvalue weighted by Gasteiger charge is -2.33. The first-order valence-electron chi connectivity index (χ1n) is 6.10. The topological polar surface area (TPSA) is 46.3 Å². The van der Waals surface area contributed by atoms with E-state index in [2.05, 4.69) is 20.8 Å². The van der Waals surface area contributed by atoms with Crippen molar-refractivity contribution in [1.82, 2.24) is 4.90 Å². The maximum absolute atomic E-state index is 12.0. The van der Waals surface area contributed by atoms with Crippen LogP contribution in [-0.4, -0.2) is 29.9 Å². The molecular weight excluding hydrogens is 188 g/mol. The van der Waals surface area contributed by atoms with Crippen molar-refractivity contribution in [2.75, 3.05) is 13.1 Å². The lowest BCUT2D eigenvalue weighted by atomic mass is 9.95. The molecule has 2 unspecified atom stereocenters. The fourth-order valence-electron chi connectivity index (χ4n) is 1.94. The van der Waals surface area contributed by atoms with Crippen LogP contribution in [0.3, 0.4) is 0 Å². The average molecular weight is 212 g/mol. The normalized spacial score (nSPS) is 22.5. The van der Waals surface area contributed by atoms with E-state index < -0.39 is 0 Å². The van der Waals surface area contributed by atoms with Crippen molar-refractivity contribution in [2.45, 2.75) is 46.1 Å². The summed E-state index contributed by atoms with van der Waals surface area (Å²) in [5, 5.41) is 0. The molecule has 1 rings (SSSR count). The van der Waals surface area contributed by atoms with Gasteiger partial charge >= 0.3 is 0 Å². The molecule has 0 radical (unpaired) electrons. The van der Waals surface area contributed by atoms with Gasteiger partial charge in [-0.05, 0) is 24.7 Å². The smallest absolute Gasteiger partial charge is 0.239 e. The predicted octanol–water partition coefficient (Wildman–Crippen LogP) is 1.62. The number of carbonyl (C=O) groups is 1. The highest BCUT2D eigenvalue weighted by Gasteiger charge is 2.27. The van der Waals surface area contributed by atoms with Crippen molar-refractivity contribution < 1.29 is 4.79 Å². The fraction of sp³-hybridized carbons (Fsp3) is 0.917. The minimum Gasteiger partial charge on any atom is -0.341 e. The Morgan fingerprint density at radius 1 is 1.47 bits per heavy atom. The number of nitrogens with two attached hydrogens (primary N) is 1. The molecule has 15 heavy (non-hydrogen) atoms. The fourth-order valence-corrected chi connectivity index (χ4v) is 1.94. The number of carbonyl (C=O) groups excluding carboxylic acids is 1. The van der Waals surface area contributed by atoms with E-state index in [-0.39, 0.29) is 17.9 Å². The van der Waals surface area contributed by atoms with Crippen LogP contribution < -0.4 is 5.73 Å². The molecule has 0 aliphatic carbocycles. The third-order valence-corrected chi connectivity index (χ3v) is 3.64. The molecule has 1 amide bonds.